The van der Waals surface area contributed by atoms with Gasteiger partial charge in [-0.1, -0.05) is 30.3 Å². The lowest BCUT2D eigenvalue weighted by atomic mass is 9.80. The summed E-state index contributed by atoms with van der Waals surface area (Å²) in [6.07, 6.45) is 4.89. The molecule has 10 nitrogen and oxygen atoms in total. The zero-order valence-electron chi connectivity index (χ0n) is 24.0. The number of piperidine rings is 2. The van der Waals surface area contributed by atoms with Crippen LogP contribution in [0.1, 0.15) is 30.7 Å². The highest BCUT2D eigenvalue weighted by molar-refractivity contribution is 5.80. The summed E-state index contributed by atoms with van der Waals surface area (Å²) in [6, 6.07) is 17.5. The summed E-state index contributed by atoms with van der Waals surface area (Å²) in [5.41, 5.74) is 1.16. The molecule has 2 aliphatic heterocycles. The molecule has 2 atom stereocenters. The van der Waals surface area contributed by atoms with E-state index in [1.165, 1.54) is 16.5 Å². The number of methoxy groups -OCH3 is 2. The Bertz CT molecular complexity index is 1620. The van der Waals surface area contributed by atoms with E-state index < -0.39 is 5.60 Å². The number of nitrogens with zero attached hydrogens (tertiary/aromatic N) is 4. The van der Waals surface area contributed by atoms with Crippen LogP contribution in [0.5, 0.6) is 11.5 Å². The van der Waals surface area contributed by atoms with E-state index in [-0.39, 0.29) is 29.8 Å². The van der Waals surface area contributed by atoms with Crippen LogP contribution in [0.15, 0.2) is 71.9 Å². The van der Waals surface area contributed by atoms with E-state index in [0.29, 0.717) is 48.5 Å². The van der Waals surface area contributed by atoms with E-state index >= 15 is 0 Å². The van der Waals surface area contributed by atoms with Crippen LogP contribution in [-0.4, -0.2) is 76.0 Å². The number of carbonyl (C=O) groups excluding carboxylic acids is 1. The monoisotopic (exact) mass is 571 g/mol. The smallest absolute Gasteiger partial charge is 0.262 e. The Labute approximate surface area is 244 Å². The summed E-state index contributed by atoms with van der Waals surface area (Å²) >= 11 is 0. The van der Waals surface area contributed by atoms with Gasteiger partial charge in [0.05, 0.1) is 37.4 Å². The number of aliphatic hydroxyl groups is 1. The van der Waals surface area contributed by atoms with Gasteiger partial charge in [-0.15, -0.1) is 0 Å². The second-order valence-corrected chi connectivity index (χ2v) is 11.3. The number of benzene rings is 2. The Kier molecular flexibility index (Phi) is 7.74. The number of hydrogen-bond acceptors (Lipinski definition) is 7. The standard InChI is InChI=1S/C32H37N5O5/c1-41-27-9-8-23(18-28(27)42-2)37-15-11-25-29(37)34-21-36(31(25)39)20-32(40)12-16-35(17-13-32)30(38)24-10-14-33-19-26(24)22-6-4-3-5-7-22/h3-9,11,15,18,21,24,26,33,40H,10,12-14,16-17,19-20H2,1-2H3/t24-,26+/m1/s1. The van der Waals surface area contributed by atoms with E-state index in [2.05, 4.69) is 22.4 Å². The summed E-state index contributed by atoms with van der Waals surface area (Å²) in [5.74, 6) is 1.40. The van der Waals surface area contributed by atoms with Gasteiger partial charge in [-0.3, -0.25) is 14.2 Å². The molecule has 0 bridgehead atoms. The number of likely N-dealkylation sites (tertiary alicyclic amines) is 1. The SMILES string of the molecule is COc1ccc(-n2ccc3c(=O)n(CC4(O)CCN(C(=O)[C@@H]5CCNC[C@H]5c5ccccc5)CC4)cnc32)cc1OC. The van der Waals surface area contributed by atoms with E-state index in [1.807, 2.05) is 39.8 Å². The van der Waals surface area contributed by atoms with Gasteiger partial charge in [0.1, 0.15) is 6.33 Å². The topological polar surface area (TPSA) is 111 Å². The molecule has 42 heavy (non-hydrogen) atoms. The molecule has 2 aromatic carbocycles. The quantitative estimate of drug-likeness (QED) is 0.351. The molecular weight excluding hydrogens is 534 g/mol. The third-order valence-electron chi connectivity index (χ3n) is 8.81. The lowest BCUT2D eigenvalue weighted by Crippen LogP contribution is -2.52. The molecule has 2 aliphatic rings. The molecule has 0 saturated carbocycles. The Morgan fingerprint density at radius 2 is 1.83 bits per heavy atom. The summed E-state index contributed by atoms with van der Waals surface area (Å²) in [4.78, 5) is 33.6. The number of amides is 1. The normalized spacial score (nSPS) is 20.4. The zero-order valence-corrected chi connectivity index (χ0v) is 24.0. The highest BCUT2D eigenvalue weighted by Crippen LogP contribution is 2.33. The average molecular weight is 572 g/mol. The molecule has 4 aromatic rings. The van der Waals surface area contributed by atoms with Crippen LogP contribution < -0.4 is 20.3 Å². The molecule has 2 N–H and O–H groups in total. The van der Waals surface area contributed by atoms with Crippen LogP contribution in [0.25, 0.3) is 16.7 Å². The van der Waals surface area contributed by atoms with Crippen molar-refractivity contribution in [2.75, 3.05) is 40.4 Å². The van der Waals surface area contributed by atoms with Crippen LogP contribution in [0.2, 0.25) is 0 Å². The zero-order chi connectivity index (χ0) is 29.3. The molecule has 0 aliphatic carbocycles. The van der Waals surface area contributed by atoms with Gasteiger partial charge in [0.2, 0.25) is 5.91 Å². The molecule has 2 aromatic heterocycles. The van der Waals surface area contributed by atoms with Crippen molar-refractivity contribution in [2.45, 2.75) is 37.3 Å². The minimum absolute atomic E-state index is 0.0798. The molecule has 2 saturated heterocycles. The van der Waals surface area contributed by atoms with Crippen molar-refractivity contribution in [2.24, 2.45) is 5.92 Å². The van der Waals surface area contributed by atoms with E-state index in [1.54, 1.807) is 32.5 Å². The Morgan fingerprint density at radius 1 is 1.07 bits per heavy atom. The van der Waals surface area contributed by atoms with Gasteiger partial charge in [0.15, 0.2) is 17.1 Å². The van der Waals surface area contributed by atoms with Gasteiger partial charge < -0.3 is 29.4 Å². The van der Waals surface area contributed by atoms with Gasteiger partial charge in [0.25, 0.3) is 5.56 Å². The predicted octanol–water partition coefficient (Wildman–Crippen LogP) is 2.95. The number of carbonyl (C=O) groups is 1. The summed E-state index contributed by atoms with van der Waals surface area (Å²) in [5, 5.41) is 15.4. The Hall–Kier alpha value is -4.15. The number of aromatic nitrogens is 3. The molecule has 4 heterocycles. The van der Waals surface area contributed by atoms with Crippen LogP contribution in [0, 0.1) is 5.92 Å². The van der Waals surface area contributed by atoms with Crippen LogP contribution in [0.3, 0.4) is 0 Å². The second-order valence-electron chi connectivity index (χ2n) is 11.3. The van der Waals surface area contributed by atoms with Crippen LogP contribution >= 0.6 is 0 Å². The van der Waals surface area contributed by atoms with Crippen LogP contribution in [0.4, 0.5) is 0 Å². The molecule has 6 rings (SSSR count). The molecule has 0 unspecified atom stereocenters. The molecule has 220 valence electrons. The Morgan fingerprint density at radius 3 is 2.57 bits per heavy atom. The van der Waals surface area contributed by atoms with E-state index in [9.17, 15) is 14.7 Å². The van der Waals surface area contributed by atoms with E-state index in [0.717, 1.165) is 25.2 Å². The maximum Gasteiger partial charge on any atom is 0.262 e. The largest absolute Gasteiger partial charge is 0.493 e. The molecule has 2 fully saturated rings. The first-order valence-electron chi connectivity index (χ1n) is 14.5. The van der Waals surface area contributed by atoms with Crippen molar-refractivity contribution in [1.29, 1.82) is 0 Å². The van der Waals surface area contributed by atoms with Crippen molar-refractivity contribution < 1.29 is 19.4 Å². The van der Waals surface area contributed by atoms with Gasteiger partial charge in [0, 0.05) is 43.7 Å². The maximum absolute atomic E-state index is 13.6. The number of nitrogens with one attached hydrogen (secondary N) is 1. The minimum atomic E-state index is -1.10. The molecule has 0 radical (unpaired) electrons. The Balaban J connectivity index is 1.15. The first kappa shape index (κ1) is 28.0. The second kappa shape index (κ2) is 11.6. The summed E-state index contributed by atoms with van der Waals surface area (Å²) in [6.45, 7) is 2.65. The van der Waals surface area contributed by atoms with Crippen molar-refractivity contribution in [1.82, 2.24) is 24.3 Å². The average Bonchev–Trinajstić information content (AvgIpc) is 3.47. The summed E-state index contributed by atoms with van der Waals surface area (Å²) in [7, 11) is 3.16. The fraction of sp³-hybridized carbons (Fsp3) is 0.406. The minimum Gasteiger partial charge on any atom is -0.493 e. The lowest BCUT2D eigenvalue weighted by molar-refractivity contribution is -0.141. The maximum atomic E-state index is 13.6. The van der Waals surface area contributed by atoms with Crippen molar-refractivity contribution >= 4 is 16.9 Å². The first-order chi connectivity index (χ1) is 20.4. The number of ether oxygens (including phenoxy) is 2. The molecule has 1 amide bonds. The highest BCUT2D eigenvalue weighted by atomic mass is 16.5. The molecular formula is C32H37N5O5. The van der Waals surface area contributed by atoms with Gasteiger partial charge in [-0.25, -0.2) is 4.98 Å². The van der Waals surface area contributed by atoms with Gasteiger partial charge in [-0.2, -0.15) is 0 Å². The van der Waals surface area contributed by atoms with E-state index in [4.69, 9.17) is 9.47 Å². The van der Waals surface area contributed by atoms with Crippen molar-refractivity contribution in [3.8, 4) is 17.2 Å². The third-order valence-corrected chi connectivity index (χ3v) is 8.81. The number of hydrogen-bond donors (Lipinski definition) is 2. The molecule has 0 spiro atoms. The fourth-order valence-corrected chi connectivity index (χ4v) is 6.41. The van der Waals surface area contributed by atoms with Crippen LogP contribution in [-0.2, 0) is 11.3 Å². The number of fused-ring (bicyclic) bond motifs is 1. The highest BCUT2D eigenvalue weighted by Gasteiger charge is 2.39. The van der Waals surface area contributed by atoms with Crippen molar-refractivity contribution in [3.63, 3.8) is 0 Å². The lowest BCUT2D eigenvalue weighted by Gasteiger charge is -2.41. The van der Waals surface area contributed by atoms with Gasteiger partial charge >= 0.3 is 0 Å². The van der Waals surface area contributed by atoms with Gasteiger partial charge in [-0.05, 0) is 49.6 Å². The van der Waals surface area contributed by atoms with Crippen molar-refractivity contribution in [3.05, 3.63) is 83.0 Å². The summed E-state index contributed by atoms with van der Waals surface area (Å²) < 4.78 is 14.1. The number of rotatable bonds is 7. The first-order valence-corrected chi connectivity index (χ1v) is 14.5. The third kappa shape index (κ3) is 5.28. The fourth-order valence-electron chi connectivity index (χ4n) is 6.41. The predicted molar refractivity (Wildman–Crippen MR) is 159 cm³/mol. The molecule has 10 heteroatoms.